The zero-order chi connectivity index (χ0) is 25.4. The molecule has 2 aliphatic carbocycles. The van der Waals surface area contributed by atoms with Crippen LogP contribution in [0.1, 0.15) is 60.4 Å². The zero-order valence-electron chi connectivity index (χ0n) is 20.2. The summed E-state index contributed by atoms with van der Waals surface area (Å²) in [5.41, 5.74) is 15.0. The quantitative estimate of drug-likeness (QED) is 0.211. The van der Waals surface area contributed by atoms with E-state index in [1.54, 1.807) is 0 Å². The fourth-order valence-electron chi connectivity index (χ4n) is 6.54. The molecule has 7 heteroatoms. The highest BCUT2D eigenvalue weighted by atomic mass is 35.5. The third-order valence-corrected chi connectivity index (χ3v) is 8.57. The first-order chi connectivity index (χ1) is 17.9. The lowest BCUT2D eigenvalue weighted by atomic mass is 9.93. The van der Waals surface area contributed by atoms with Crippen LogP contribution in [-0.2, 0) is 12.8 Å². The molecule has 2 aliphatic rings. The zero-order valence-corrected chi connectivity index (χ0v) is 21.7. The van der Waals surface area contributed by atoms with E-state index >= 15 is 0 Å². The number of halogens is 2. The van der Waals surface area contributed by atoms with E-state index in [1.807, 2.05) is 48.5 Å². The molecule has 3 aromatic carbocycles. The predicted octanol–water partition coefficient (Wildman–Crippen LogP) is 7.20. The molecule has 2 unspecified atom stereocenters. The second-order valence-corrected chi connectivity index (χ2v) is 11.2. The van der Waals surface area contributed by atoms with Crippen molar-refractivity contribution in [2.24, 2.45) is 0 Å². The average molecular weight is 532 g/mol. The lowest BCUT2D eigenvalue weighted by molar-refractivity contribution is 0.150. The number of aryl methyl sites for hydroxylation is 2. The Labute approximate surface area is 224 Å². The molecule has 2 heterocycles. The van der Waals surface area contributed by atoms with Crippen LogP contribution in [0.5, 0.6) is 0 Å². The third-order valence-electron chi connectivity index (χ3n) is 8.10. The molecule has 0 amide bonds. The monoisotopic (exact) mass is 531 g/mol. The van der Waals surface area contributed by atoms with E-state index in [0.717, 1.165) is 87.8 Å². The average Bonchev–Trinajstić information content (AvgIpc) is 3.39. The van der Waals surface area contributed by atoms with Crippen molar-refractivity contribution in [1.82, 2.24) is 9.13 Å². The molecular formula is C30H27Cl2N3O2. The van der Waals surface area contributed by atoms with Gasteiger partial charge >= 0.3 is 0 Å². The van der Waals surface area contributed by atoms with Crippen molar-refractivity contribution in [3.05, 3.63) is 87.2 Å². The molecule has 5 nitrogen and oxygen atoms in total. The number of nitrogens with zero attached hydrogens (tertiary/aromatic N) is 2. The molecule has 0 fully saturated rings. The molecule has 0 saturated carbocycles. The van der Waals surface area contributed by atoms with Gasteiger partial charge in [0.1, 0.15) is 0 Å². The first kappa shape index (κ1) is 23.2. The van der Waals surface area contributed by atoms with Crippen LogP contribution in [0.15, 0.2) is 54.6 Å². The van der Waals surface area contributed by atoms with Crippen molar-refractivity contribution >= 4 is 50.7 Å². The van der Waals surface area contributed by atoms with Gasteiger partial charge in [0.15, 0.2) is 0 Å². The van der Waals surface area contributed by atoms with Crippen molar-refractivity contribution in [2.75, 3.05) is 5.73 Å². The van der Waals surface area contributed by atoms with Crippen LogP contribution in [0.2, 0.25) is 10.0 Å². The Morgan fingerprint density at radius 3 is 1.84 bits per heavy atom. The van der Waals surface area contributed by atoms with Gasteiger partial charge in [0.25, 0.3) is 0 Å². The van der Waals surface area contributed by atoms with E-state index in [2.05, 4.69) is 15.2 Å². The number of anilines is 1. The molecule has 188 valence electrons. The summed E-state index contributed by atoms with van der Waals surface area (Å²) in [7, 11) is 0. The van der Waals surface area contributed by atoms with E-state index in [1.165, 1.54) is 0 Å². The van der Waals surface area contributed by atoms with E-state index in [4.69, 9.17) is 28.9 Å². The molecule has 0 saturated heterocycles. The van der Waals surface area contributed by atoms with Gasteiger partial charge in [0.2, 0.25) is 0 Å². The maximum atomic E-state index is 11.1. The molecule has 4 N–H and O–H groups in total. The topological polar surface area (TPSA) is 76.3 Å². The summed E-state index contributed by atoms with van der Waals surface area (Å²) in [6.07, 6.45) is 3.95. The number of fused-ring (bicyclic) bond motifs is 6. The summed E-state index contributed by atoms with van der Waals surface area (Å²) in [5.74, 6) is 0. The van der Waals surface area contributed by atoms with Crippen molar-refractivity contribution < 1.29 is 10.2 Å². The Morgan fingerprint density at radius 2 is 1.24 bits per heavy atom. The SMILES string of the molecule is Nc1ccc(-n2c3c(c4cc(Cl)ccc42)CCCC3O)cc1-n1c2c(c3cc(Cl)ccc31)CCCC2O. The largest absolute Gasteiger partial charge is 0.397 e. The van der Waals surface area contributed by atoms with Crippen molar-refractivity contribution in [1.29, 1.82) is 0 Å². The minimum Gasteiger partial charge on any atom is -0.397 e. The molecule has 0 radical (unpaired) electrons. The van der Waals surface area contributed by atoms with Crippen molar-refractivity contribution in [3.63, 3.8) is 0 Å². The van der Waals surface area contributed by atoms with E-state index in [-0.39, 0.29) is 0 Å². The molecular weight excluding hydrogens is 505 g/mol. The Bertz CT molecular complexity index is 1720. The Kier molecular flexibility index (Phi) is 5.35. The summed E-state index contributed by atoms with van der Waals surface area (Å²) in [6.45, 7) is 0. The van der Waals surface area contributed by atoms with Crippen LogP contribution in [0.3, 0.4) is 0 Å². The number of rotatable bonds is 2. The first-order valence-electron chi connectivity index (χ1n) is 12.8. The van der Waals surface area contributed by atoms with Crippen LogP contribution < -0.4 is 5.73 Å². The van der Waals surface area contributed by atoms with Gasteiger partial charge in [-0.25, -0.2) is 0 Å². The van der Waals surface area contributed by atoms with Gasteiger partial charge in [-0.2, -0.15) is 0 Å². The van der Waals surface area contributed by atoms with Crippen LogP contribution in [0, 0.1) is 0 Å². The summed E-state index contributed by atoms with van der Waals surface area (Å²) in [6, 6.07) is 17.8. The van der Waals surface area contributed by atoms with Crippen LogP contribution in [0.25, 0.3) is 33.2 Å². The molecule has 2 atom stereocenters. The Balaban J connectivity index is 1.53. The molecule has 5 aromatic rings. The Hall–Kier alpha value is -2.96. The number of nitrogen functional groups attached to an aromatic ring is 1. The van der Waals surface area contributed by atoms with Crippen LogP contribution >= 0.6 is 23.2 Å². The molecule has 0 bridgehead atoms. The van der Waals surface area contributed by atoms with Crippen molar-refractivity contribution in [3.8, 4) is 11.4 Å². The predicted molar refractivity (Wildman–Crippen MR) is 150 cm³/mol. The number of aliphatic hydroxyl groups is 2. The number of hydrogen-bond donors (Lipinski definition) is 3. The van der Waals surface area contributed by atoms with Crippen LogP contribution in [-0.4, -0.2) is 19.3 Å². The standard InChI is InChI=1S/C30H27Cl2N3O2/c31-16-7-11-24-21(13-16)19-3-1-5-27(36)29(19)34(24)18-9-10-23(33)26(15-18)35-25-12-8-17(32)14-22(25)20-4-2-6-28(37)30(20)35/h7-15,27-28,36-37H,1-6,33H2. The smallest absolute Gasteiger partial charge is 0.0946 e. The fraction of sp³-hybridized carbons (Fsp3) is 0.267. The van der Waals surface area contributed by atoms with E-state index in [0.29, 0.717) is 22.2 Å². The van der Waals surface area contributed by atoms with Gasteiger partial charge in [-0.05, 0) is 104 Å². The second-order valence-electron chi connectivity index (χ2n) is 10.3. The van der Waals surface area contributed by atoms with Gasteiger partial charge in [0.05, 0.1) is 46.0 Å². The molecule has 0 aliphatic heterocycles. The number of aromatic nitrogens is 2. The molecule has 0 spiro atoms. The minimum atomic E-state index is -0.581. The number of benzene rings is 3. The summed E-state index contributed by atoms with van der Waals surface area (Å²) in [4.78, 5) is 0. The lowest BCUT2D eigenvalue weighted by Gasteiger charge is -2.24. The second kappa shape index (κ2) is 8.53. The van der Waals surface area contributed by atoms with Gasteiger partial charge < -0.3 is 25.1 Å². The van der Waals surface area contributed by atoms with Crippen molar-refractivity contribution in [2.45, 2.75) is 50.7 Å². The number of aliphatic hydroxyl groups excluding tert-OH is 2. The third kappa shape index (κ3) is 3.45. The van der Waals surface area contributed by atoms with Gasteiger partial charge in [-0.15, -0.1) is 0 Å². The summed E-state index contributed by atoms with van der Waals surface area (Å²) >= 11 is 12.8. The number of nitrogens with two attached hydrogens (primary N) is 1. The normalized spacial score (nSPS) is 19.4. The maximum Gasteiger partial charge on any atom is 0.0946 e. The molecule has 37 heavy (non-hydrogen) atoms. The molecule has 7 rings (SSSR count). The van der Waals surface area contributed by atoms with Gasteiger partial charge in [0, 0.05) is 26.5 Å². The minimum absolute atomic E-state index is 0.555. The van der Waals surface area contributed by atoms with Crippen LogP contribution in [0.4, 0.5) is 5.69 Å². The van der Waals surface area contributed by atoms with Gasteiger partial charge in [-0.1, -0.05) is 23.2 Å². The highest BCUT2D eigenvalue weighted by Crippen LogP contribution is 2.43. The highest BCUT2D eigenvalue weighted by molar-refractivity contribution is 6.31. The van der Waals surface area contributed by atoms with Gasteiger partial charge in [-0.3, -0.25) is 0 Å². The summed E-state index contributed by atoms with van der Waals surface area (Å²) < 4.78 is 4.26. The lowest BCUT2D eigenvalue weighted by Crippen LogP contribution is -2.15. The first-order valence-corrected chi connectivity index (χ1v) is 13.6. The highest BCUT2D eigenvalue weighted by Gasteiger charge is 2.30. The fourth-order valence-corrected chi connectivity index (χ4v) is 6.89. The summed E-state index contributed by atoms with van der Waals surface area (Å²) in [5, 5.41) is 25.7. The number of hydrogen-bond acceptors (Lipinski definition) is 3. The van der Waals surface area contributed by atoms with E-state index in [9.17, 15) is 10.2 Å². The maximum absolute atomic E-state index is 11.1. The van der Waals surface area contributed by atoms with E-state index < -0.39 is 12.2 Å². The molecule has 2 aromatic heterocycles. The Morgan fingerprint density at radius 1 is 0.703 bits per heavy atom.